The van der Waals surface area contributed by atoms with Crippen molar-refractivity contribution in [1.29, 1.82) is 5.26 Å². The topological polar surface area (TPSA) is 212 Å². The van der Waals surface area contributed by atoms with Gasteiger partial charge in [0.05, 0.1) is 25.2 Å². The number of aromatic hydroxyl groups is 1. The highest BCUT2D eigenvalue weighted by Gasteiger charge is 2.46. The second kappa shape index (κ2) is 13.9. The van der Waals surface area contributed by atoms with E-state index in [1.807, 2.05) is 0 Å². The van der Waals surface area contributed by atoms with E-state index in [1.165, 1.54) is 12.1 Å². The Labute approximate surface area is 236 Å². The van der Waals surface area contributed by atoms with Gasteiger partial charge in [0.25, 0.3) is 0 Å². The number of rotatable bonds is 13. The van der Waals surface area contributed by atoms with Gasteiger partial charge < -0.3 is 34.1 Å². The van der Waals surface area contributed by atoms with Gasteiger partial charge in [-0.15, -0.1) is 0 Å². The smallest absolute Gasteiger partial charge is 0.459 e. The fraction of sp³-hybridized carbons (Fsp3) is 0.520. The lowest BCUT2D eigenvalue weighted by Crippen LogP contribution is -2.41. The molecule has 0 bridgehead atoms. The molecule has 4 N–H and O–H groups in total. The van der Waals surface area contributed by atoms with Crippen molar-refractivity contribution in [3.8, 4) is 17.7 Å². The lowest BCUT2D eigenvalue weighted by molar-refractivity contribution is -0.156. The summed E-state index contributed by atoms with van der Waals surface area (Å²) in [6, 6.07) is 7.98. The van der Waals surface area contributed by atoms with E-state index < -0.39 is 81.4 Å². The largest absolute Gasteiger partial charge is 0.492 e. The monoisotopic (exact) mass is 596 g/mol. The molecule has 6 atom stereocenters. The maximum atomic E-state index is 14.0. The summed E-state index contributed by atoms with van der Waals surface area (Å²) in [5.41, 5.74) is -0.324. The van der Waals surface area contributed by atoms with Crippen molar-refractivity contribution in [2.24, 2.45) is 0 Å². The molecule has 1 fully saturated rings. The summed E-state index contributed by atoms with van der Waals surface area (Å²) in [4.78, 5) is 28.9. The Morgan fingerprint density at radius 2 is 1.80 bits per heavy atom. The van der Waals surface area contributed by atoms with Gasteiger partial charge in [0.1, 0.15) is 42.5 Å². The molecule has 1 aromatic carbocycles. The van der Waals surface area contributed by atoms with Gasteiger partial charge in [-0.2, -0.15) is 10.3 Å². The van der Waals surface area contributed by atoms with Gasteiger partial charge in [-0.25, -0.2) is 9.55 Å². The third kappa shape index (κ3) is 8.49. The molecule has 1 unspecified atom stereocenters. The Morgan fingerprint density at radius 1 is 1.15 bits per heavy atom. The molecule has 1 saturated heterocycles. The average Bonchev–Trinajstić information content (AvgIpc) is 3.40. The molecular formula is C25H33N4O11P. The number of aromatic nitrogens is 2. The van der Waals surface area contributed by atoms with Crippen LogP contribution in [-0.2, 0) is 32.9 Å². The van der Waals surface area contributed by atoms with Crippen LogP contribution in [0.1, 0.15) is 46.0 Å². The van der Waals surface area contributed by atoms with Gasteiger partial charge in [0.2, 0.25) is 11.6 Å². The number of esters is 2. The van der Waals surface area contributed by atoms with E-state index in [-0.39, 0.29) is 11.4 Å². The van der Waals surface area contributed by atoms with Gasteiger partial charge in [-0.1, -0.05) is 18.2 Å². The van der Waals surface area contributed by atoms with Gasteiger partial charge in [-0.05, 0) is 39.8 Å². The molecule has 41 heavy (non-hydrogen) atoms. The summed E-state index contributed by atoms with van der Waals surface area (Å²) in [6.45, 7) is 5.79. The lowest BCUT2D eigenvalue weighted by atomic mass is 10.1. The van der Waals surface area contributed by atoms with Crippen molar-refractivity contribution in [3.63, 3.8) is 0 Å². The number of imidazole rings is 1. The van der Waals surface area contributed by atoms with E-state index in [0.29, 0.717) is 0 Å². The molecule has 1 aromatic heterocycles. The molecule has 0 radical (unpaired) electrons. The normalized spacial score (nSPS) is 22.6. The van der Waals surface area contributed by atoms with E-state index in [1.54, 1.807) is 52.0 Å². The highest BCUT2D eigenvalue weighted by atomic mass is 31.2. The number of hydrogen-bond donors (Lipinski definition) is 4. The third-order valence-corrected chi connectivity index (χ3v) is 7.12. The van der Waals surface area contributed by atoms with Crippen LogP contribution in [0.15, 0.2) is 36.7 Å². The quantitative estimate of drug-likeness (QED) is 0.191. The molecule has 16 heteroatoms. The van der Waals surface area contributed by atoms with Crippen LogP contribution in [0, 0.1) is 11.3 Å². The fourth-order valence-electron chi connectivity index (χ4n) is 3.76. The van der Waals surface area contributed by atoms with Crippen LogP contribution in [0.4, 0.5) is 0 Å². The zero-order chi connectivity index (χ0) is 30.3. The first-order chi connectivity index (χ1) is 19.3. The van der Waals surface area contributed by atoms with Gasteiger partial charge in [0.15, 0.2) is 6.23 Å². The molecule has 1 aliphatic heterocycles. The number of para-hydroxylation sites is 1. The van der Waals surface area contributed by atoms with Crippen LogP contribution in [-0.4, -0.2) is 80.0 Å². The molecule has 1 aliphatic rings. The maximum absolute atomic E-state index is 14.0. The first-order valence-electron chi connectivity index (χ1n) is 12.7. The molecule has 224 valence electrons. The predicted molar refractivity (Wildman–Crippen MR) is 139 cm³/mol. The minimum Gasteiger partial charge on any atom is -0.492 e. The van der Waals surface area contributed by atoms with Crippen LogP contribution in [0.3, 0.4) is 0 Å². The Morgan fingerprint density at radius 3 is 2.39 bits per heavy atom. The first kappa shape index (κ1) is 32.0. The Bertz CT molecular complexity index is 1280. The summed E-state index contributed by atoms with van der Waals surface area (Å²) < 4.78 is 42.0. The van der Waals surface area contributed by atoms with Crippen molar-refractivity contribution >= 4 is 19.7 Å². The third-order valence-electron chi connectivity index (χ3n) is 5.55. The van der Waals surface area contributed by atoms with Crippen LogP contribution in [0.5, 0.6) is 11.6 Å². The zero-order valence-electron chi connectivity index (χ0n) is 22.8. The van der Waals surface area contributed by atoms with Crippen LogP contribution in [0.2, 0.25) is 0 Å². The number of carbonyl (C=O) groups excluding carboxylic acids is 2. The number of aliphatic hydroxyl groups excluding tert-OH is 2. The van der Waals surface area contributed by atoms with Crippen molar-refractivity contribution < 1.29 is 52.7 Å². The van der Waals surface area contributed by atoms with E-state index in [2.05, 4.69) is 10.1 Å². The van der Waals surface area contributed by atoms with Gasteiger partial charge in [-0.3, -0.25) is 18.7 Å². The van der Waals surface area contributed by atoms with Gasteiger partial charge in [0, 0.05) is 0 Å². The molecule has 0 amide bonds. The Balaban J connectivity index is 1.83. The molecule has 2 heterocycles. The van der Waals surface area contributed by atoms with Crippen molar-refractivity contribution in [2.75, 3.05) is 6.61 Å². The molecule has 0 saturated carbocycles. The first-order valence-corrected chi connectivity index (χ1v) is 14.2. The number of carbonyl (C=O) groups is 2. The van der Waals surface area contributed by atoms with Crippen molar-refractivity contribution in [1.82, 2.24) is 14.6 Å². The number of aliphatic hydroxyl groups is 2. The molecule has 0 spiro atoms. The van der Waals surface area contributed by atoms with Gasteiger partial charge >= 0.3 is 19.7 Å². The Kier molecular flexibility index (Phi) is 10.9. The fourth-order valence-corrected chi connectivity index (χ4v) is 5.26. The standard InChI is InChI=1S/C25H33N4O11P/c1-14(2)37-20(30)10-17(25(34)38-15(3)4)28-41(35,40-16-8-6-5-7-9-16)36-12-19-21(31)22(32)24(39-19)29-13-27-18(11-26)23(29)33/h5-9,13-15,17,19,21-22,24,31-33H,10,12H2,1-4H3,(H,28,35)/t17-,19+,21+,22+,24+,41?/m0/s1. The average molecular weight is 597 g/mol. The maximum Gasteiger partial charge on any atom is 0.459 e. The van der Waals surface area contributed by atoms with Crippen LogP contribution < -0.4 is 9.61 Å². The van der Waals surface area contributed by atoms with E-state index >= 15 is 0 Å². The van der Waals surface area contributed by atoms with E-state index in [0.717, 1.165) is 10.9 Å². The number of hydrogen-bond acceptors (Lipinski definition) is 13. The zero-order valence-corrected chi connectivity index (χ0v) is 23.7. The molecule has 0 aliphatic carbocycles. The van der Waals surface area contributed by atoms with E-state index in [9.17, 15) is 29.5 Å². The van der Waals surface area contributed by atoms with Crippen LogP contribution >= 0.6 is 7.75 Å². The minimum atomic E-state index is -4.53. The molecule has 3 rings (SSSR count). The predicted octanol–water partition coefficient (Wildman–Crippen LogP) is 1.53. The second-order valence-corrected chi connectivity index (χ2v) is 11.3. The summed E-state index contributed by atoms with van der Waals surface area (Å²) in [6.07, 6.45) is -6.45. The number of nitriles is 1. The van der Waals surface area contributed by atoms with Crippen molar-refractivity contribution in [3.05, 3.63) is 42.4 Å². The highest BCUT2D eigenvalue weighted by Crippen LogP contribution is 2.46. The summed E-state index contributed by atoms with van der Waals surface area (Å²) in [5, 5.41) is 42.7. The van der Waals surface area contributed by atoms with Crippen LogP contribution in [0.25, 0.3) is 0 Å². The minimum absolute atomic E-state index is 0.0854. The molecular weight excluding hydrogens is 563 g/mol. The highest BCUT2D eigenvalue weighted by molar-refractivity contribution is 7.52. The second-order valence-electron chi connectivity index (χ2n) is 9.59. The molecule has 2 aromatic rings. The summed E-state index contributed by atoms with van der Waals surface area (Å²) in [5.74, 6) is -2.20. The summed E-state index contributed by atoms with van der Waals surface area (Å²) >= 11 is 0. The summed E-state index contributed by atoms with van der Waals surface area (Å²) in [7, 11) is -4.53. The Hall–Kier alpha value is -3.51. The number of nitrogens with one attached hydrogen (secondary N) is 1. The van der Waals surface area contributed by atoms with Crippen molar-refractivity contribution in [2.45, 2.75) is 76.9 Å². The molecule has 15 nitrogen and oxygen atoms in total. The lowest BCUT2D eigenvalue weighted by Gasteiger charge is -2.26. The van der Waals surface area contributed by atoms with E-state index in [4.69, 9.17) is 28.5 Å². The number of ether oxygens (including phenoxy) is 3. The number of nitrogens with zero attached hydrogens (tertiary/aromatic N) is 3. The SMILES string of the molecule is CC(C)OC(=O)C[C@H](NP(=O)(OC[C@H]1O[C@@H](n2cnc(C#N)c2O)[C@H](O)[C@@H]1O)Oc1ccccc1)C(=O)OC(C)C. The number of benzene rings is 1.